The SMILES string of the molecule is CCOC(=O)n1c(CC)nc2[n+]1-c1ccccc1OCC2. The minimum absolute atomic E-state index is 0.327. The van der Waals surface area contributed by atoms with Gasteiger partial charge in [-0.05, 0) is 24.0 Å². The normalized spacial score (nSPS) is 12.9. The molecule has 1 aliphatic rings. The minimum atomic E-state index is -0.412. The topological polar surface area (TPSA) is 57.2 Å². The van der Waals surface area contributed by atoms with Crippen molar-refractivity contribution >= 4 is 6.09 Å². The molecule has 2 heterocycles. The predicted octanol–water partition coefficient (Wildman–Crippen LogP) is 1.66. The zero-order chi connectivity index (χ0) is 14.8. The molecule has 1 aliphatic heterocycles. The van der Waals surface area contributed by atoms with Crippen LogP contribution in [-0.2, 0) is 17.6 Å². The Morgan fingerprint density at radius 3 is 3.00 bits per heavy atom. The molecule has 6 nitrogen and oxygen atoms in total. The van der Waals surface area contributed by atoms with Gasteiger partial charge in [0, 0.05) is 6.42 Å². The molecule has 0 aliphatic carbocycles. The summed E-state index contributed by atoms with van der Waals surface area (Å²) in [5.41, 5.74) is 0.810. The Labute approximate surface area is 122 Å². The van der Waals surface area contributed by atoms with Gasteiger partial charge in [0.05, 0.1) is 13.0 Å². The molecule has 0 spiro atoms. The van der Waals surface area contributed by atoms with Crippen molar-refractivity contribution in [2.45, 2.75) is 26.7 Å². The van der Waals surface area contributed by atoms with Crippen LogP contribution in [0.3, 0.4) is 0 Å². The van der Waals surface area contributed by atoms with Gasteiger partial charge >= 0.3 is 11.9 Å². The summed E-state index contributed by atoms with van der Waals surface area (Å²) in [5, 5.41) is 0. The van der Waals surface area contributed by atoms with Crippen LogP contribution >= 0.6 is 0 Å². The van der Waals surface area contributed by atoms with Crippen LogP contribution in [0.5, 0.6) is 5.75 Å². The molecule has 0 amide bonds. The number of ether oxygens (including phenoxy) is 2. The van der Waals surface area contributed by atoms with E-state index in [1.54, 1.807) is 11.6 Å². The highest BCUT2D eigenvalue weighted by Crippen LogP contribution is 2.21. The van der Waals surface area contributed by atoms with E-state index in [1.807, 2.05) is 31.2 Å². The van der Waals surface area contributed by atoms with Gasteiger partial charge in [0.2, 0.25) is 0 Å². The molecule has 1 aromatic carbocycles. The molecule has 0 radical (unpaired) electrons. The molecule has 0 unspecified atom stereocenters. The third-order valence-corrected chi connectivity index (χ3v) is 3.38. The van der Waals surface area contributed by atoms with Crippen molar-refractivity contribution < 1.29 is 19.0 Å². The maximum Gasteiger partial charge on any atom is 0.454 e. The van der Waals surface area contributed by atoms with Gasteiger partial charge in [-0.25, -0.2) is 4.79 Å². The van der Waals surface area contributed by atoms with Crippen LogP contribution < -0.4 is 9.42 Å². The number of carbonyl (C=O) groups excluding carboxylic acids is 1. The second-order valence-electron chi connectivity index (χ2n) is 4.69. The highest BCUT2D eigenvalue weighted by Gasteiger charge is 2.34. The van der Waals surface area contributed by atoms with Gasteiger partial charge < -0.3 is 9.47 Å². The van der Waals surface area contributed by atoms with Crippen molar-refractivity contribution in [2.75, 3.05) is 13.2 Å². The van der Waals surface area contributed by atoms with E-state index in [9.17, 15) is 4.79 Å². The monoisotopic (exact) mass is 288 g/mol. The lowest BCUT2D eigenvalue weighted by molar-refractivity contribution is -0.681. The lowest BCUT2D eigenvalue weighted by atomic mass is 10.3. The molecule has 0 atom stereocenters. The maximum atomic E-state index is 12.3. The van der Waals surface area contributed by atoms with Crippen molar-refractivity contribution in [1.29, 1.82) is 0 Å². The summed E-state index contributed by atoms with van der Waals surface area (Å²) in [6.45, 7) is 4.63. The van der Waals surface area contributed by atoms with E-state index in [4.69, 9.17) is 9.47 Å². The van der Waals surface area contributed by atoms with E-state index in [0.29, 0.717) is 31.9 Å². The first-order valence-electron chi connectivity index (χ1n) is 7.18. The largest absolute Gasteiger partial charge is 0.488 e. The Hall–Kier alpha value is -2.37. The van der Waals surface area contributed by atoms with E-state index in [-0.39, 0.29) is 0 Å². The van der Waals surface area contributed by atoms with Crippen LogP contribution in [0.4, 0.5) is 4.79 Å². The summed E-state index contributed by atoms with van der Waals surface area (Å²) in [7, 11) is 0. The summed E-state index contributed by atoms with van der Waals surface area (Å²) < 4.78 is 14.2. The van der Waals surface area contributed by atoms with E-state index < -0.39 is 6.09 Å². The third-order valence-electron chi connectivity index (χ3n) is 3.38. The van der Waals surface area contributed by atoms with E-state index in [2.05, 4.69) is 4.98 Å². The first kappa shape index (κ1) is 13.6. The van der Waals surface area contributed by atoms with Gasteiger partial charge in [0.1, 0.15) is 6.61 Å². The summed E-state index contributed by atoms with van der Waals surface area (Å²) in [4.78, 5) is 16.9. The number of hydrogen-bond donors (Lipinski definition) is 0. The van der Waals surface area contributed by atoms with Crippen molar-refractivity contribution in [3.8, 4) is 11.4 Å². The van der Waals surface area contributed by atoms with Crippen LogP contribution in [0.1, 0.15) is 25.5 Å². The first-order valence-corrected chi connectivity index (χ1v) is 7.18. The number of aromatic nitrogens is 3. The standard InChI is InChI=1S/C15H18N3O3/c1-3-13-16-14-9-10-21-12-8-6-5-7-11(12)17(14)18(13)15(19)20-4-2/h5-8H,3-4,9-10H2,1-2H3/q+1. The third kappa shape index (κ3) is 2.26. The van der Waals surface area contributed by atoms with Gasteiger partial charge in [0.25, 0.3) is 5.82 Å². The molecule has 0 fully saturated rings. The van der Waals surface area contributed by atoms with Crippen molar-refractivity contribution in [3.05, 3.63) is 35.9 Å². The minimum Gasteiger partial charge on any atom is -0.488 e. The highest BCUT2D eigenvalue weighted by atomic mass is 16.6. The number of benzene rings is 1. The Morgan fingerprint density at radius 2 is 2.24 bits per heavy atom. The first-order chi connectivity index (χ1) is 10.3. The Balaban J connectivity index is 2.24. The van der Waals surface area contributed by atoms with Gasteiger partial charge in [-0.15, -0.1) is 4.68 Å². The van der Waals surface area contributed by atoms with E-state index in [1.165, 1.54) is 4.68 Å². The number of carbonyl (C=O) groups is 1. The molecular weight excluding hydrogens is 270 g/mol. The molecular formula is C15H18N3O3+. The smallest absolute Gasteiger partial charge is 0.454 e. The average molecular weight is 288 g/mol. The number of fused-ring (bicyclic) bond motifs is 3. The lowest BCUT2D eigenvalue weighted by Crippen LogP contribution is -2.47. The Kier molecular flexibility index (Phi) is 3.60. The van der Waals surface area contributed by atoms with Crippen molar-refractivity contribution in [2.24, 2.45) is 0 Å². The molecule has 110 valence electrons. The molecule has 2 aromatic rings. The van der Waals surface area contributed by atoms with Gasteiger partial charge in [-0.1, -0.05) is 23.7 Å². The van der Waals surface area contributed by atoms with E-state index in [0.717, 1.165) is 17.3 Å². The maximum absolute atomic E-state index is 12.3. The van der Waals surface area contributed by atoms with Crippen LogP contribution in [0, 0.1) is 0 Å². The number of aryl methyl sites for hydroxylation is 1. The Bertz CT molecular complexity index is 679. The quantitative estimate of drug-likeness (QED) is 0.789. The zero-order valence-corrected chi connectivity index (χ0v) is 12.2. The van der Waals surface area contributed by atoms with Crippen LogP contribution in [0.2, 0.25) is 0 Å². The second kappa shape index (κ2) is 5.55. The van der Waals surface area contributed by atoms with Gasteiger partial charge in [0.15, 0.2) is 11.4 Å². The fourth-order valence-corrected chi connectivity index (χ4v) is 2.49. The number of para-hydroxylation sites is 2. The molecule has 6 heteroatoms. The summed E-state index contributed by atoms with van der Waals surface area (Å²) >= 11 is 0. The zero-order valence-electron chi connectivity index (χ0n) is 12.2. The number of hydrogen-bond acceptors (Lipinski definition) is 4. The second-order valence-corrected chi connectivity index (χ2v) is 4.69. The van der Waals surface area contributed by atoms with Crippen LogP contribution in [0.15, 0.2) is 24.3 Å². The average Bonchev–Trinajstić information content (AvgIpc) is 2.77. The molecule has 1 aromatic heterocycles. The van der Waals surface area contributed by atoms with Gasteiger partial charge in [-0.2, -0.15) is 0 Å². The van der Waals surface area contributed by atoms with E-state index >= 15 is 0 Å². The molecule has 0 bridgehead atoms. The fraction of sp³-hybridized carbons (Fsp3) is 0.400. The fourth-order valence-electron chi connectivity index (χ4n) is 2.49. The molecule has 3 rings (SSSR count). The molecule has 0 saturated heterocycles. The Morgan fingerprint density at radius 1 is 1.43 bits per heavy atom. The summed E-state index contributed by atoms with van der Waals surface area (Å²) in [6, 6.07) is 7.64. The summed E-state index contributed by atoms with van der Waals surface area (Å²) in [6.07, 6.45) is 0.889. The molecule has 0 saturated carbocycles. The molecule has 21 heavy (non-hydrogen) atoms. The van der Waals surface area contributed by atoms with Crippen molar-refractivity contribution in [1.82, 2.24) is 9.67 Å². The lowest BCUT2D eigenvalue weighted by Gasteiger charge is -2.08. The highest BCUT2D eigenvalue weighted by molar-refractivity contribution is 5.69. The van der Waals surface area contributed by atoms with Crippen LogP contribution in [-0.4, -0.2) is 29.0 Å². The number of nitrogens with zero attached hydrogens (tertiary/aromatic N) is 3. The van der Waals surface area contributed by atoms with Crippen LogP contribution in [0.25, 0.3) is 5.69 Å². The van der Waals surface area contributed by atoms with Gasteiger partial charge in [-0.3, -0.25) is 0 Å². The summed E-state index contributed by atoms with van der Waals surface area (Å²) in [5.74, 6) is 2.25. The number of rotatable bonds is 2. The predicted molar refractivity (Wildman–Crippen MR) is 74.8 cm³/mol. The van der Waals surface area contributed by atoms with Crippen molar-refractivity contribution in [3.63, 3.8) is 0 Å². The molecule has 0 N–H and O–H groups in total.